The zero-order chi connectivity index (χ0) is 19.4. The van der Waals surface area contributed by atoms with Crippen molar-refractivity contribution in [3.8, 4) is 0 Å². The molecular weight excluding hydrogens is 382 g/mol. The Balaban J connectivity index is 1.93. The molecule has 3 rings (SSSR count). The predicted molar refractivity (Wildman–Crippen MR) is 112 cm³/mol. The second-order valence-corrected chi connectivity index (χ2v) is 8.89. The van der Waals surface area contributed by atoms with Gasteiger partial charge in [0.05, 0.1) is 16.7 Å². The van der Waals surface area contributed by atoms with Crippen LogP contribution in [0.15, 0.2) is 28.2 Å². The van der Waals surface area contributed by atoms with Gasteiger partial charge in [0, 0.05) is 17.6 Å². The molecule has 0 atom stereocenters. The molecule has 1 fully saturated rings. The smallest absolute Gasteiger partial charge is 0.262 e. The van der Waals surface area contributed by atoms with Crippen molar-refractivity contribution in [1.29, 1.82) is 0 Å². The molecule has 1 aliphatic rings. The van der Waals surface area contributed by atoms with Gasteiger partial charge in [0.1, 0.15) is 0 Å². The van der Waals surface area contributed by atoms with Crippen LogP contribution in [0, 0.1) is 5.92 Å². The Hall–Kier alpha value is -1.53. The number of fused-ring (bicyclic) bond motifs is 1. The Labute approximate surface area is 168 Å². The normalized spacial score (nSPS) is 15.4. The molecule has 1 saturated carbocycles. The van der Waals surface area contributed by atoms with Crippen LogP contribution in [-0.2, 0) is 4.79 Å². The molecule has 0 aliphatic heterocycles. The Morgan fingerprint density at radius 2 is 2.07 bits per heavy atom. The van der Waals surface area contributed by atoms with Crippen molar-refractivity contribution in [3.63, 3.8) is 0 Å². The van der Waals surface area contributed by atoms with E-state index >= 15 is 0 Å². The number of amides is 1. The monoisotopic (exact) mass is 407 g/mol. The summed E-state index contributed by atoms with van der Waals surface area (Å²) >= 11 is 7.42. The molecule has 1 aliphatic carbocycles. The zero-order valence-corrected chi connectivity index (χ0v) is 17.4. The van der Waals surface area contributed by atoms with E-state index in [1.807, 2.05) is 4.57 Å². The molecule has 1 aromatic carbocycles. The highest BCUT2D eigenvalue weighted by Gasteiger charge is 2.22. The van der Waals surface area contributed by atoms with Gasteiger partial charge in [-0.25, -0.2) is 4.98 Å². The van der Waals surface area contributed by atoms with Crippen molar-refractivity contribution in [2.45, 2.75) is 57.1 Å². The van der Waals surface area contributed by atoms with Crippen LogP contribution in [0.2, 0.25) is 5.02 Å². The Kier molecular flexibility index (Phi) is 6.82. The molecule has 0 unspecified atom stereocenters. The van der Waals surface area contributed by atoms with Gasteiger partial charge in [-0.05, 0) is 37.0 Å². The van der Waals surface area contributed by atoms with Gasteiger partial charge in [0.15, 0.2) is 5.16 Å². The predicted octanol–water partition coefficient (Wildman–Crippen LogP) is 4.42. The highest BCUT2D eigenvalue weighted by molar-refractivity contribution is 7.99. The van der Waals surface area contributed by atoms with E-state index in [2.05, 4.69) is 19.2 Å². The van der Waals surface area contributed by atoms with Gasteiger partial charge in [0.2, 0.25) is 5.91 Å². The third-order valence-electron chi connectivity index (χ3n) is 4.81. The summed E-state index contributed by atoms with van der Waals surface area (Å²) in [5, 5.41) is 4.66. The molecule has 0 radical (unpaired) electrons. The molecule has 0 spiro atoms. The Morgan fingerprint density at radius 3 is 2.78 bits per heavy atom. The number of carbonyl (C=O) groups is 1. The second-order valence-electron chi connectivity index (χ2n) is 7.51. The number of nitrogens with one attached hydrogen (secondary N) is 1. The summed E-state index contributed by atoms with van der Waals surface area (Å²) in [6.07, 6.45) is 5.41. The zero-order valence-electron chi connectivity index (χ0n) is 15.8. The maximum absolute atomic E-state index is 13.2. The summed E-state index contributed by atoms with van der Waals surface area (Å²) in [6.45, 7) is 4.77. The summed E-state index contributed by atoms with van der Waals surface area (Å²) in [6, 6.07) is 5.34. The number of rotatable bonds is 6. The molecule has 7 heteroatoms. The summed E-state index contributed by atoms with van der Waals surface area (Å²) in [4.78, 5) is 30.0. The number of hydrogen-bond donors (Lipinski definition) is 1. The average molecular weight is 408 g/mol. The first-order valence-electron chi connectivity index (χ1n) is 9.57. The van der Waals surface area contributed by atoms with E-state index in [1.165, 1.54) is 18.2 Å². The highest BCUT2D eigenvalue weighted by Crippen LogP contribution is 2.31. The molecule has 0 saturated heterocycles. The van der Waals surface area contributed by atoms with E-state index in [0.29, 0.717) is 33.5 Å². The number of hydrogen-bond acceptors (Lipinski definition) is 4. The van der Waals surface area contributed by atoms with Crippen molar-refractivity contribution in [1.82, 2.24) is 14.9 Å². The third-order valence-corrected chi connectivity index (χ3v) is 6.00. The lowest BCUT2D eigenvalue weighted by atomic mass is 9.95. The van der Waals surface area contributed by atoms with Gasteiger partial charge in [-0.2, -0.15) is 0 Å². The molecular formula is C20H26ClN3O2S. The van der Waals surface area contributed by atoms with E-state index in [9.17, 15) is 9.59 Å². The molecule has 1 aromatic heterocycles. The van der Waals surface area contributed by atoms with Crippen LogP contribution in [0.4, 0.5) is 0 Å². The van der Waals surface area contributed by atoms with E-state index in [4.69, 9.17) is 16.6 Å². The number of benzene rings is 1. The van der Waals surface area contributed by atoms with E-state index in [1.54, 1.807) is 18.2 Å². The SMILES string of the molecule is CC(C)CNC(=O)CSc1nc2cc(Cl)ccc2c(=O)n1C1CCCCC1. The van der Waals surface area contributed by atoms with Crippen molar-refractivity contribution >= 4 is 40.2 Å². The summed E-state index contributed by atoms with van der Waals surface area (Å²) in [7, 11) is 0. The molecule has 1 amide bonds. The topological polar surface area (TPSA) is 64.0 Å². The van der Waals surface area contributed by atoms with Gasteiger partial charge >= 0.3 is 0 Å². The van der Waals surface area contributed by atoms with Gasteiger partial charge in [-0.15, -0.1) is 0 Å². The molecule has 1 N–H and O–H groups in total. The fraction of sp³-hybridized carbons (Fsp3) is 0.550. The van der Waals surface area contributed by atoms with Crippen molar-refractivity contribution in [3.05, 3.63) is 33.6 Å². The minimum absolute atomic E-state index is 0.0337. The van der Waals surface area contributed by atoms with E-state index in [-0.39, 0.29) is 23.3 Å². The summed E-state index contributed by atoms with van der Waals surface area (Å²) < 4.78 is 1.82. The maximum Gasteiger partial charge on any atom is 0.262 e. The number of aromatic nitrogens is 2. The lowest BCUT2D eigenvalue weighted by Crippen LogP contribution is -2.31. The highest BCUT2D eigenvalue weighted by atomic mass is 35.5. The minimum Gasteiger partial charge on any atom is -0.355 e. The van der Waals surface area contributed by atoms with Gasteiger partial charge in [0.25, 0.3) is 5.56 Å². The molecule has 0 bridgehead atoms. The summed E-state index contributed by atoms with van der Waals surface area (Å²) in [5.41, 5.74) is 0.554. The minimum atomic E-state index is -0.0377. The van der Waals surface area contributed by atoms with Crippen LogP contribution in [0.25, 0.3) is 10.9 Å². The number of nitrogens with zero attached hydrogens (tertiary/aromatic N) is 2. The fourth-order valence-corrected chi connectivity index (χ4v) is 4.48. The van der Waals surface area contributed by atoms with Crippen molar-refractivity contribution in [2.24, 2.45) is 5.92 Å². The molecule has 146 valence electrons. The molecule has 5 nitrogen and oxygen atoms in total. The fourth-order valence-electron chi connectivity index (χ4n) is 3.41. The number of halogens is 1. The quantitative estimate of drug-likeness (QED) is 0.568. The van der Waals surface area contributed by atoms with Crippen LogP contribution >= 0.6 is 23.4 Å². The van der Waals surface area contributed by atoms with Gasteiger partial charge < -0.3 is 5.32 Å². The van der Waals surface area contributed by atoms with Crippen LogP contribution in [0.1, 0.15) is 52.0 Å². The third kappa shape index (κ3) is 5.05. The van der Waals surface area contributed by atoms with E-state index in [0.717, 1.165) is 25.7 Å². The number of thioether (sulfide) groups is 1. The Morgan fingerprint density at radius 1 is 1.33 bits per heavy atom. The maximum atomic E-state index is 13.2. The lowest BCUT2D eigenvalue weighted by molar-refractivity contribution is -0.118. The average Bonchev–Trinajstić information content (AvgIpc) is 2.65. The van der Waals surface area contributed by atoms with E-state index < -0.39 is 0 Å². The van der Waals surface area contributed by atoms with Crippen LogP contribution in [0.5, 0.6) is 0 Å². The van der Waals surface area contributed by atoms with Gasteiger partial charge in [-0.3, -0.25) is 14.2 Å². The summed E-state index contributed by atoms with van der Waals surface area (Å²) in [5.74, 6) is 0.613. The lowest BCUT2D eigenvalue weighted by Gasteiger charge is -2.26. The first-order valence-corrected chi connectivity index (χ1v) is 10.9. The number of carbonyl (C=O) groups excluding carboxylic acids is 1. The van der Waals surface area contributed by atoms with Crippen LogP contribution in [0.3, 0.4) is 0 Å². The molecule has 1 heterocycles. The largest absolute Gasteiger partial charge is 0.355 e. The Bertz CT molecular complexity index is 875. The van der Waals surface area contributed by atoms with Crippen molar-refractivity contribution < 1.29 is 4.79 Å². The standard InChI is InChI=1S/C20H26ClN3O2S/c1-13(2)11-22-18(25)12-27-20-23-17-10-14(21)8-9-16(17)19(26)24(20)15-6-4-3-5-7-15/h8-10,13,15H,3-7,11-12H2,1-2H3,(H,22,25). The van der Waals surface area contributed by atoms with Crippen molar-refractivity contribution in [2.75, 3.05) is 12.3 Å². The first-order chi connectivity index (χ1) is 13.0. The first kappa shape index (κ1) is 20.2. The molecule has 27 heavy (non-hydrogen) atoms. The van der Waals surface area contributed by atoms with Crippen LogP contribution in [-0.4, -0.2) is 27.8 Å². The van der Waals surface area contributed by atoms with Gasteiger partial charge in [-0.1, -0.05) is 56.5 Å². The second kappa shape index (κ2) is 9.11. The van der Waals surface area contributed by atoms with Crippen LogP contribution < -0.4 is 10.9 Å². The molecule has 2 aromatic rings.